The summed E-state index contributed by atoms with van der Waals surface area (Å²) < 4.78 is 0. The Morgan fingerprint density at radius 3 is 2.27 bits per heavy atom. The predicted octanol–water partition coefficient (Wildman–Crippen LogP) is 7.10. The van der Waals surface area contributed by atoms with Crippen LogP contribution >= 0.6 is 11.8 Å². The van der Waals surface area contributed by atoms with Gasteiger partial charge >= 0.3 is 0 Å². The molecule has 4 heterocycles. The van der Waals surface area contributed by atoms with E-state index in [9.17, 15) is 14.4 Å². The van der Waals surface area contributed by atoms with Gasteiger partial charge in [0, 0.05) is 50.0 Å². The third-order valence-electron chi connectivity index (χ3n) is 11.4. The van der Waals surface area contributed by atoms with E-state index in [-0.39, 0.29) is 35.2 Å². The molecule has 284 valence electrons. The Morgan fingerprint density at radius 2 is 1.60 bits per heavy atom. The summed E-state index contributed by atoms with van der Waals surface area (Å²) in [5.74, 6) is 2.15. The van der Waals surface area contributed by atoms with Gasteiger partial charge in [0.25, 0.3) is 0 Å². The Balaban J connectivity index is 0.932. The number of allylic oxidation sites excluding steroid dienone is 1. The van der Waals surface area contributed by atoms with Crippen LogP contribution < -0.4 is 5.32 Å². The van der Waals surface area contributed by atoms with Crippen LogP contribution in [0.5, 0.6) is 0 Å². The molecular formula is C44H49N7O3S. The van der Waals surface area contributed by atoms with Crippen molar-refractivity contribution in [2.45, 2.75) is 68.4 Å². The fourth-order valence-corrected chi connectivity index (χ4v) is 9.69. The Bertz CT molecular complexity index is 2090. The number of amides is 3. The van der Waals surface area contributed by atoms with E-state index in [1.807, 2.05) is 71.5 Å². The van der Waals surface area contributed by atoms with Gasteiger partial charge in [0.05, 0.1) is 29.3 Å². The number of carbonyl (C=O) groups is 3. The fourth-order valence-electron chi connectivity index (χ4n) is 8.23. The van der Waals surface area contributed by atoms with Gasteiger partial charge in [0.2, 0.25) is 17.7 Å². The average Bonchev–Trinajstić information content (AvgIpc) is 3.62. The van der Waals surface area contributed by atoms with E-state index >= 15 is 0 Å². The smallest absolute Gasteiger partial charge is 0.245 e. The van der Waals surface area contributed by atoms with Crippen LogP contribution in [0.1, 0.15) is 74.0 Å². The predicted molar refractivity (Wildman–Crippen MR) is 219 cm³/mol. The molecule has 0 spiro atoms. The van der Waals surface area contributed by atoms with Crippen molar-refractivity contribution in [2.24, 2.45) is 10.9 Å². The molecule has 2 unspecified atom stereocenters. The van der Waals surface area contributed by atoms with Crippen molar-refractivity contribution in [3.63, 3.8) is 0 Å². The number of benzene rings is 3. The summed E-state index contributed by atoms with van der Waals surface area (Å²) in [5.41, 5.74) is 8.45. The molecule has 10 nitrogen and oxygen atoms in total. The first-order chi connectivity index (χ1) is 26.8. The Kier molecular flexibility index (Phi) is 10.7. The standard InChI is InChI=1S/C44H49N7O3S/c1-45-39(52)21-22-40-51(44(54)41(49(2)3)32-8-5-4-6-9-32)38(27-55-40)35-24-34(25-46-35)30-13-11-28(12-14-30)29-15-17-31(18-16-29)36-26-47-42(48-36)37-10-7-23-50(37)43(53)33-19-20-33/h4-6,8-9,11-18,25-26,33,37-38,40-41H,7,10,19-24,27H2,1-3H3,(H,45,52)(H,47,48)/t37-,38-,40?,41?/m0/s1. The number of nitrogens with zero attached hydrogens (tertiary/aromatic N) is 5. The normalized spacial score (nSPS) is 21.5. The molecule has 4 aliphatic rings. The summed E-state index contributed by atoms with van der Waals surface area (Å²) in [7, 11) is 5.54. The first-order valence-corrected chi connectivity index (χ1v) is 20.5. The lowest BCUT2D eigenvalue weighted by molar-refractivity contribution is -0.138. The maximum Gasteiger partial charge on any atom is 0.245 e. The summed E-state index contributed by atoms with van der Waals surface area (Å²) in [6.45, 7) is 0.822. The maximum absolute atomic E-state index is 14.5. The molecular weight excluding hydrogens is 707 g/mol. The third kappa shape index (κ3) is 7.77. The minimum Gasteiger partial charge on any atom is -0.359 e. The molecule has 8 rings (SSSR count). The molecule has 3 aliphatic heterocycles. The first-order valence-electron chi connectivity index (χ1n) is 19.5. The summed E-state index contributed by atoms with van der Waals surface area (Å²) in [6, 6.07) is 26.5. The maximum atomic E-state index is 14.5. The molecule has 1 saturated carbocycles. The third-order valence-corrected chi connectivity index (χ3v) is 12.8. The lowest BCUT2D eigenvalue weighted by Gasteiger charge is -2.35. The van der Waals surface area contributed by atoms with Gasteiger partial charge in [0.1, 0.15) is 11.9 Å². The van der Waals surface area contributed by atoms with Crippen molar-refractivity contribution >= 4 is 40.8 Å². The number of nitrogens with one attached hydrogen (secondary N) is 2. The zero-order valence-corrected chi connectivity index (χ0v) is 32.6. The molecule has 1 aromatic heterocycles. The molecule has 3 aromatic carbocycles. The number of hydrogen-bond acceptors (Lipinski definition) is 7. The highest BCUT2D eigenvalue weighted by atomic mass is 32.2. The fraction of sp³-hybridized carbons (Fsp3) is 0.386. The van der Waals surface area contributed by atoms with Crippen LogP contribution in [-0.4, -0.2) is 93.0 Å². The summed E-state index contributed by atoms with van der Waals surface area (Å²) >= 11 is 1.74. The SMILES string of the molecule is CNC(=O)CCC1SC[C@@H](C2=NC=C(c3ccc(-c4ccc(-c5cnc([C@@H]6CCCN6C(=O)C6CC6)[nH]5)cc4)cc3)C2)N1C(=O)C(c1ccccc1)N(C)C. The van der Waals surface area contributed by atoms with Gasteiger partial charge in [-0.05, 0) is 79.6 Å². The number of rotatable bonds is 12. The number of likely N-dealkylation sites (N-methyl/N-ethyl adjacent to an activating group) is 1. The monoisotopic (exact) mass is 755 g/mol. The largest absolute Gasteiger partial charge is 0.359 e. The van der Waals surface area contributed by atoms with E-state index in [0.29, 0.717) is 25.2 Å². The van der Waals surface area contributed by atoms with Crippen molar-refractivity contribution < 1.29 is 14.4 Å². The summed E-state index contributed by atoms with van der Waals surface area (Å²) in [5, 5.41) is 2.61. The van der Waals surface area contributed by atoms with Crippen LogP contribution in [-0.2, 0) is 14.4 Å². The second kappa shape index (κ2) is 16.0. The number of aliphatic imine (C=N–C) groups is 1. The molecule has 0 radical (unpaired) electrons. The molecule has 1 aliphatic carbocycles. The Morgan fingerprint density at radius 1 is 0.909 bits per heavy atom. The molecule has 4 aromatic rings. The van der Waals surface area contributed by atoms with Crippen molar-refractivity contribution in [3.05, 3.63) is 108 Å². The molecule has 4 atom stereocenters. The minimum absolute atomic E-state index is 0.0220. The molecule has 55 heavy (non-hydrogen) atoms. The van der Waals surface area contributed by atoms with E-state index in [1.165, 1.54) is 0 Å². The second-order valence-electron chi connectivity index (χ2n) is 15.3. The average molecular weight is 756 g/mol. The van der Waals surface area contributed by atoms with Crippen LogP contribution in [0.15, 0.2) is 96.3 Å². The van der Waals surface area contributed by atoms with Gasteiger partial charge in [-0.1, -0.05) is 78.9 Å². The number of carbonyl (C=O) groups excluding carboxylic acids is 3. The Hall–Kier alpha value is -5.00. The molecule has 2 N–H and O–H groups in total. The number of H-pyrrole nitrogens is 1. The van der Waals surface area contributed by atoms with Gasteiger partial charge in [0.15, 0.2) is 0 Å². The number of aromatic nitrogens is 2. The molecule has 3 amide bonds. The van der Waals surface area contributed by atoms with Gasteiger partial charge in [-0.25, -0.2) is 4.98 Å². The van der Waals surface area contributed by atoms with Gasteiger partial charge in [-0.2, -0.15) is 0 Å². The second-order valence-corrected chi connectivity index (χ2v) is 16.5. The quantitative estimate of drug-likeness (QED) is 0.160. The topological polar surface area (TPSA) is 114 Å². The van der Waals surface area contributed by atoms with Crippen LogP contribution in [0, 0.1) is 5.92 Å². The Labute approximate surface area is 327 Å². The first kappa shape index (κ1) is 36.9. The minimum atomic E-state index is -0.440. The number of aromatic amines is 1. The number of thioether (sulfide) groups is 1. The van der Waals surface area contributed by atoms with Crippen molar-refractivity contribution in [1.82, 2.24) is 30.0 Å². The van der Waals surface area contributed by atoms with E-state index in [4.69, 9.17) is 9.98 Å². The van der Waals surface area contributed by atoms with Gasteiger partial charge < -0.3 is 20.1 Å². The highest BCUT2D eigenvalue weighted by molar-refractivity contribution is 8.00. The number of imidazole rings is 1. The van der Waals surface area contributed by atoms with Crippen LogP contribution in [0.3, 0.4) is 0 Å². The zero-order chi connectivity index (χ0) is 38.1. The highest BCUT2D eigenvalue weighted by Crippen LogP contribution is 2.40. The number of likely N-dealkylation sites (tertiary alicyclic amines) is 1. The number of hydrogen-bond donors (Lipinski definition) is 2. The van der Waals surface area contributed by atoms with Crippen molar-refractivity contribution in [3.8, 4) is 22.4 Å². The van der Waals surface area contributed by atoms with Gasteiger partial charge in [-0.3, -0.25) is 24.3 Å². The molecule has 0 bridgehead atoms. The highest BCUT2D eigenvalue weighted by Gasteiger charge is 2.44. The summed E-state index contributed by atoms with van der Waals surface area (Å²) in [6.07, 6.45) is 9.47. The van der Waals surface area contributed by atoms with Crippen LogP contribution in [0.4, 0.5) is 0 Å². The van der Waals surface area contributed by atoms with Gasteiger partial charge in [-0.15, -0.1) is 11.8 Å². The van der Waals surface area contributed by atoms with Crippen LogP contribution in [0.25, 0.3) is 28.0 Å². The lowest BCUT2D eigenvalue weighted by atomic mass is 9.96. The van der Waals surface area contributed by atoms with Crippen molar-refractivity contribution in [1.29, 1.82) is 0 Å². The molecule has 11 heteroatoms. The molecule has 3 fully saturated rings. The molecule has 2 saturated heterocycles. The van der Waals surface area contributed by atoms with E-state index in [1.54, 1.807) is 18.8 Å². The zero-order valence-electron chi connectivity index (χ0n) is 31.8. The van der Waals surface area contributed by atoms with Crippen LogP contribution in [0.2, 0.25) is 0 Å². The summed E-state index contributed by atoms with van der Waals surface area (Å²) in [4.78, 5) is 58.7. The lowest BCUT2D eigenvalue weighted by Crippen LogP contribution is -2.49. The van der Waals surface area contributed by atoms with E-state index < -0.39 is 6.04 Å². The van der Waals surface area contributed by atoms with E-state index in [2.05, 4.69) is 58.8 Å². The van der Waals surface area contributed by atoms with Crippen molar-refractivity contribution in [2.75, 3.05) is 33.4 Å². The van der Waals surface area contributed by atoms with E-state index in [0.717, 1.165) is 88.6 Å².